The van der Waals surface area contributed by atoms with Crippen molar-refractivity contribution in [1.29, 1.82) is 0 Å². The molecular formula is C13H19N3O2S. The SMILES string of the molecule is COc1cc(N)ccc1NC(=S)NC(=O)C(C)(C)C. The second-order valence-corrected chi connectivity index (χ2v) is 5.53. The Bertz CT molecular complexity index is 495. The molecule has 0 unspecified atom stereocenters. The number of thiocarbonyl (C=S) groups is 1. The first-order valence-corrected chi connectivity index (χ1v) is 6.21. The number of ether oxygens (including phenoxy) is 1. The molecule has 0 atom stereocenters. The summed E-state index contributed by atoms with van der Waals surface area (Å²) in [6.07, 6.45) is 0. The van der Waals surface area contributed by atoms with Gasteiger partial charge >= 0.3 is 0 Å². The minimum atomic E-state index is -0.503. The van der Waals surface area contributed by atoms with Crippen LogP contribution in [0.3, 0.4) is 0 Å². The van der Waals surface area contributed by atoms with Crippen LogP contribution in [0.4, 0.5) is 11.4 Å². The molecule has 0 saturated heterocycles. The summed E-state index contributed by atoms with van der Waals surface area (Å²) >= 11 is 5.09. The molecule has 0 aliphatic carbocycles. The minimum absolute atomic E-state index is 0.153. The van der Waals surface area contributed by atoms with E-state index in [1.165, 1.54) is 7.11 Å². The van der Waals surface area contributed by atoms with Crippen molar-refractivity contribution in [2.24, 2.45) is 5.41 Å². The maximum Gasteiger partial charge on any atom is 0.231 e. The molecule has 1 aromatic carbocycles. The van der Waals surface area contributed by atoms with Crippen molar-refractivity contribution in [2.45, 2.75) is 20.8 Å². The smallest absolute Gasteiger partial charge is 0.231 e. The Labute approximate surface area is 118 Å². The molecule has 5 nitrogen and oxygen atoms in total. The number of methoxy groups -OCH3 is 1. The molecule has 0 bridgehead atoms. The molecule has 0 aliphatic rings. The Morgan fingerprint density at radius 2 is 2.00 bits per heavy atom. The number of nitrogen functional groups attached to an aromatic ring is 1. The second kappa shape index (κ2) is 5.88. The Balaban J connectivity index is 2.75. The zero-order chi connectivity index (χ0) is 14.6. The fourth-order valence-corrected chi connectivity index (χ4v) is 1.46. The van der Waals surface area contributed by atoms with Gasteiger partial charge in [-0.3, -0.25) is 4.79 Å². The second-order valence-electron chi connectivity index (χ2n) is 5.12. The standard InChI is InChI=1S/C13H19N3O2S/c1-13(2,3)11(17)16-12(19)15-9-6-5-8(14)7-10(9)18-4/h5-7H,14H2,1-4H3,(H2,15,16,17,19). The highest BCUT2D eigenvalue weighted by Gasteiger charge is 2.22. The number of hydrogen-bond donors (Lipinski definition) is 3. The number of hydrogen-bond acceptors (Lipinski definition) is 4. The third-order valence-corrected chi connectivity index (χ3v) is 2.59. The molecule has 6 heteroatoms. The fraction of sp³-hybridized carbons (Fsp3) is 0.385. The van der Waals surface area contributed by atoms with Gasteiger partial charge in [-0.15, -0.1) is 0 Å². The number of carbonyl (C=O) groups excluding carboxylic acids is 1. The van der Waals surface area contributed by atoms with Crippen LogP contribution in [0.1, 0.15) is 20.8 Å². The van der Waals surface area contributed by atoms with E-state index in [2.05, 4.69) is 10.6 Å². The third-order valence-electron chi connectivity index (χ3n) is 2.38. The van der Waals surface area contributed by atoms with Gasteiger partial charge < -0.3 is 21.1 Å². The minimum Gasteiger partial charge on any atom is -0.494 e. The summed E-state index contributed by atoms with van der Waals surface area (Å²) in [6, 6.07) is 5.14. The summed E-state index contributed by atoms with van der Waals surface area (Å²) in [6.45, 7) is 5.44. The first-order valence-electron chi connectivity index (χ1n) is 5.80. The van der Waals surface area contributed by atoms with Gasteiger partial charge in [0.2, 0.25) is 5.91 Å². The van der Waals surface area contributed by atoms with E-state index in [1.54, 1.807) is 18.2 Å². The average molecular weight is 281 g/mol. The van der Waals surface area contributed by atoms with Crippen LogP contribution < -0.4 is 21.1 Å². The summed E-state index contributed by atoms with van der Waals surface area (Å²) in [4.78, 5) is 11.8. The van der Waals surface area contributed by atoms with E-state index >= 15 is 0 Å². The molecule has 0 aliphatic heterocycles. The number of nitrogens with two attached hydrogens (primary N) is 1. The van der Waals surface area contributed by atoms with Crippen molar-refractivity contribution >= 4 is 34.6 Å². The summed E-state index contributed by atoms with van der Waals surface area (Å²) < 4.78 is 5.18. The normalized spacial score (nSPS) is 10.7. The molecule has 4 N–H and O–H groups in total. The van der Waals surface area contributed by atoms with Gasteiger partial charge in [0.25, 0.3) is 0 Å². The predicted octanol–water partition coefficient (Wildman–Crippen LogP) is 2.14. The van der Waals surface area contributed by atoms with E-state index in [1.807, 2.05) is 20.8 Å². The topological polar surface area (TPSA) is 76.4 Å². The van der Waals surface area contributed by atoms with Gasteiger partial charge in [0, 0.05) is 17.2 Å². The van der Waals surface area contributed by atoms with Crippen LogP contribution in [0, 0.1) is 5.41 Å². The van der Waals surface area contributed by atoms with Crippen LogP contribution in [0.15, 0.2) is 18.2 Å². The monoisotopic (exact) mass is 281 g/mol. The zero-order valence-corrected chi connectivity index (χ0v) is 12.4. The van der Waals surface area contributed by atoms with Gasteiger partial charge in [0.15, 0.2) is 5.11 Å². The van der Waals surface area contributed by atoms with E-state index < -0.39 is 5.41 Å². The Morgan fingerprint density at radius 3 is 2.53 bits per heavy atom. The third kappa shape index (κ3) is 4.40. The van der Waals surface area contributed by atoms with E-state index in [0.29, 0.717) is 17.1 Å². The number of benzene rings is 1. The molecule has 0 saturated carbocycles. The highest BCUT2D eigenvalue weighted by molar-refractivity contribution is 7.80. The first-order chi connectivity index (χ1) is 8.74. The zero-order valence-electron chi connectivity index (χ0n) is 11.5. The van der Waals surface area contributed by atoms with Crippen LogP contribution >= 0.6 is 12.2 Å². The van der Waals surface area contributed by atoms with E-state index in [9.17, 15) is 4.79 Å². The molecule has 0 fully saturated rings. The number of amides is 1. The van der Waals surface area contributed by atoms with Crippen molar-refractivity contribution in [1.82, 2.24) is 5.32 Å². The molecule has 0 radical (unpaired) electrons. The summed E-state index contributed by atoms with van der Waals surface area (Å²) in [5.74, 6) is 0.409. The highest BCUT2D eigenvalue weighted by atomic mass is 32.1. The lowest BCUT2D eigenvalue weighted by Crippen LogP contribution is -2.41. The maximum absolute atomic E-state index is 11.8. The Morgan fingerprint density at radius 1 is 1.37 bits per heavy atom. The van der Waals surface area contributed by atoms with Gasteiger partial charge in [0.05, 0.1) is 12.8 Å². The molecule has 1 rings (SSSR count). The molecule has 0 aromatic heterocycles. The van der Waals surface area contributed by atoms with E-state index in [0.717, 1.165) is 0 Å². The van der Waals surface area contributed by atoms with Crippen molar-refractivity contribution in [3.63, 3.8) is 0 Å². The van der Waals surface area contributed by atoms with Crippen molar-refractivity contribution in [3.05, 3.63) is 18.2 Å². The predicted molar refractivity (Wildman–Crippen MR) is 81.2 cm³/mol. The Hall–Kier alpha value is -1.82. The molecule has 1 aromatic rings. The molecule has 0 heterocycles. The summed E-state index contributed by atoms with van der Waals surface area (Å²) in [5, 5.41) is 5.76. The number of anilines is 2. The number of carbonyl (C=O) groups is 1. The van der Waals surface area contributed by atoms with Gasteiger partial charge in [0.1, 0.15) is 5.75 Å². The maximum atomic E-state index is 11.8. The number of nitrogens with one attached hydrogen (secondary N) is 2. The van der Waals surface area contributed by atoms with Crippen LogP contribution in [0.2, 0.25) is 0 Å². The van der Waals surface area contributed by atoms with Crippen molar-refractivity contribution in [2.75, 3.05) is 18.2 Å². The van der Waals surface area contributed by atoms with Gasteiger partial charge in [-0.1, -0.05) is 20.8 Å². The molecule has 104 valence electrons. The first kappa shape index (κ1) is 15.2. The molecule has 0 spiro atoms. The quantitative estimate of drug-likeness (QED) is 0.572. The van der Waals surface area contributed by atoms with Crippen LogP contribution in [-0.4, -0.2) is 18.1 Å². The fourth-order valence-electron chi connectivity index (χ4n) is 1.26. The van der Waals surface area contributed by atoms with E-state index in [4.69, 9.17) is 22.7 Å². The lowest BCUT2D eigenvalue weighted by atomic mass is 9.96. The van der Waals surface area contributed by atoms with Gasteiger partial charge in [-0.05, 0) is 24.4 Å². The van der Waals surface area contributed by atoms with Gasteiger partial charge in [-0.2, -0.15) is 0 Å². The summed E-state index contributed by atoms with van der Waals surface area (Å²) in [7, 11) is 1.54. The average Bonchev–Trinajstić information content (AvgIpc) is 2.30. The van der Waals surface area contributed by atoms with Crippen LogP contribution in [0.5, 0.6) is 5.75 Å². The lowest BCUT2D eigenvalue weighted by Gasteiger charge is -2.19. The van der Waals surface area contributed by atoms with Crippen molar-refractivity contribution < 1.29 is 9.53 Å². The molecule has 1 amide bonds. The Kier molecular flexibility index (Phi) is 4.72. The molecular weight excluding hydrogens is 262 g/mol. The van der Waals surface area contributed by atoms with Crippen molar-refractivity contribution in [3.8, 4) is 5.75 Å². The largest absolute Gasteiger partial charge is 0.494 e. The van der Waals surface area contributed by atoms with Crippen LogP contribution in [0.25, 0.3) is 0 Å². The lowest BCUT2D eigenvalue weighted by molar-refractivity contribution is -0.126. The molecule has 19 heavy (non-hydrogen) atoms. The highest BCUT2D eigenvalue weighted by Crippen LogP contribution is 2.26. The van der Waals surface area contributed by atoms with Gasteiger partial charge in [-0.25, -0.2) is 0 Å². The summed E-state index contributed by atoms with van der Waals surface area (Å²) in [5.41, 5.74) is 6.40. The van der Waals surface area contributed by atoms with E-state index in [-0.39, 0.29) is 11.0 Å². The number of rotatable bonds is 2. The van der Waals surface area contributed by atoms with Crippen LogP contribution in [-0.2, 0) is 4.79 Å².